The zero-order chi connectivity index (χ0) is 12.0. The van der Waals surface area contributed by atoms with E-state index in [-0.39, 0.29) is 5.78 Å². The molecular weight excluding hydrogens is 288 g/mol. The van der Waals surface area contributed by atoms with Crippen LogP contribution in [0.4, 0.5) is 0 Å². The molecule has 1 aromatic carbocycles. The monoisotopic (exact) mass is 302 g/mol. The molecule has 0 N–H and O–H groups in total. The third-order valence-electron chi connectivity index (χ3n) is 2.17. The normalized spacial score (nSPS) is 12.4. The third-order valence-corrected chi connectivity index (χ3v) is 4.10. The lowest BCUT2D eigenvalue weighted by Crippen LogP contribution is -1.99. The van der Waals surface area contributed by atoms with E-state index >= 15 is 0 Å². The second kappa shape index (κ2) is 6.97. The van der Waals surface area contributed by atoms with Crippen molar-refractivity contribution < 1.29 is 9.00 Å². The minimum absolute atomic E-state index is 0.202. The predicted molar refractivity (Wildman–Crippen MR) is 69.9 cm³/mol. The second-order valence-electron chi connectivity index (χ2n) is 3.67. The molecule has 1 atom stereocenters. The van der Waals surface area contributed by atoms with Gasteiger partial charge in [-0.1, -0.05) is 22.0 Å². The van der Waals surface area contributed by atoms with E-state index in [1.54, 1.807) is 6.92 Å². The van der Waals surface area contributed by atoms with Crippen molar-refractivity contribution in [2.24, 2.45) is 0 Å². The van der Waals surface area contributed by atoms with Crippen LogP contribution in [0.3, 0.4) is 0 Å². The standard InChI is InChI=1S/C12H15BrO2S/c1-10(14)5-2-3-8-16(15)12-7-4-6-11(13)9-12/h4,6-7,9H,2-3,5,8H2,1H3. The fourth-order valence-corrected chi connectivity index (χ4v) is 3.08. The van der Waals surface area contributed by atoms with Crippen molar-refractivity contribution in [2.75, 3.05) is 5.75 Å². The summed E-state index contributed by atoms with van der Waals surface area (Å²) < 4.78 is 12.8. The summed E-state index contributed by atoms with van der Waals surface area (Å²) >= 11 is 3.35. The molecule has 1 aromatic rings. The van der Waals surface area contributed by atoms with Crippen LogP contribution in [0.15, 0.2) is 33.6 Å². The summed E-state index contributed by atoms with van der Waals surface area (Å²) in [6.07, 6.45) is 2.25. The minimum atomic E-state index is -0.950. The van der Waals surface area contributed by atoms with E-state index in [2.05, 4.69) is 15.9 Å². The molecule has 0 saturated carbocycles. The van der Waals surface area contributed by atoms with E-state index in [1.165, 1.54) is 0 Å². The molecule has 1 unspecified atom stereocenters. The molecule has 0 fully saturated rings. The van der Waals surface area contributed by atoms with E-state index in [0.29, 0.717) is 12.2 Å². The van der Waals surface area contributed by atoms with Gasteiger partial charge in [0.25, 0.3) is 0 Å². The van der Waals surface area contributed by atoms with Gasteiger partial charge in [0, 0.05) is 21.5 Å². The first-order chi connectivity index (χ1) is 7.59. The number of carbonyl (C=O) groups is 1. The first kappa shape index (κ1) is 13.6. The highest BCUT2D eigenvalue weighted by atomic mass is 79.9. The molecule has 0 saturated heterocycles. The zero-order valence-corrected chi connectivity index (χ0v) is 11.6. The van der Waals surface area contributed by atoms with Gasteiger partial charge in [-0.2, -0.15) is 0 Å². The Labute approximate surface area is 107 Å². The van der Waals surface area contributed by atoms with Gasteiger partial charge in [-0.25, -0.2) is 0 Å². The summed E-state index contributed by atoms with van der Waals surface area (Å²) in [6, 6.07) is 7.54. The first-order valence-electron chi connectivity index (χ1n) is 5.23. The molecule has 4 heteroatoms. The van der Waals surface area contributed by atoms with Crippen LogP contribution in [0.25, 0.3) is 0 Å². The average Bonchev–Trinajstić information content (AvgIpc) is 2.24. The molecule has 0 spiro atoms. The Balaban J connectivity index is 2.38. The summed E-state index contributed by atoms with van der Waals surface area (Å²) in [4.78, 5) is 11.6. The highest BCUT2D eigenvalue weighted by Gasteiger charge is 2.04. The van der Waals surface area contributed by atoms with Crippen molar-refractivity contribution in [3.8, 4) is 0 Å². The van der Waals surface area contributed by atoms with Crippen molar-refractivity contribution in [3.63, 3.8) is 0 Å². The van der Waals surface area contributed by atoms with Crippen molar-refractivity contribution in [1.29, 1.82) is 0 Å². The van der Waals surface area contributed by atoms with Gasteiger partial charge in [-0.05, 0) is 38.0 Å². The number of Topliss-reactive ketones (excluding diaryl/α,β-unsaturated/α-hetero) is 1. The van der Waals surface area contributed by atoms with Crippen LogP contribution >= 0.6 is 15.9 Å². The summed E-state index contributed by atoms with van der Waals surface area (Å²) in [5.74, 6) is 0.831. The fraction of sp³-hybridized carbons (Fsp3) is 0.417. The van der Waals surface area contributed by atoms with Crippen molar-refractivity contribution in [2.45, 2.75) is 31.1 Å². The van der Waals surface area contributed by atoms with Crippen molar-refractivity contribution >= 4 is 32.5 Å². The van der Waals surface area contributed by atoms with Crippen molar-refractivity contribution in [1.82, 2.24) is 0 Å². The first-order valence-corrected chi connectivity index (χ1v) is 7.34. The van der Waals surface area contributed by atoms with E-state index in [9.17, 15) is 9.00 Å². The van der Waals surface area contributed by atoms with Crippen LogP contribution in [-0.4, -0.2) is 15.7 Å². The van der Waals surface area contributed by atoms with E-state index in [4.69, 9.17) is 0 Å². The molecule has 2 nitrogen and oxygen atoms in total. The fourth-order valence-electron chi connectivity index (χ4n) is 1.33. The van der Waals surface area contributed by atoms with Crippen molar-refractivity contribution in [3.05, 3.63) is 28.7 Å². The van der Waals surface area contributed by atoms with Gasteiger partial charge in [0.15, 0.2) is 0 Å². The van der Waals surface area contributed by atoms with Crippen LogP contribution in [0.5, 0.6) is 0 Å². The third kappa shape index (κ3) is 5.03. The predicted octanol–water partition coefficient (Wildman–Crippen LogP) is 3.32. The van der Waals surface area contributed by atoms with Gasteiger partial charge < -0.3 is 4.79 Å². The maximum atomic E-state index is 11.8. The Morgan fingerprint density at radius 3 is 2.75 bits per heavy atom. The summed E-state index contributed by atoms with van der Waals surface area (Å²) in [5.41, 5.74) is 0. The molecule has 0 bridgehead atoms. The Bertz CT molecular complexity index is 390. The van der Waals surface area contributed by atoms with E-state index in [1.807, 2.05) is 24.3 Å². The SMILES string of the molecule is CC(=O)CCCCS(=O)c1cccc(Br)c1. The largest absolute Gasteiger partial charge is 0.300 e. The molecule has 0 heterocycles. The molecule has 0 radical (unpaired) electrons. The van der Waals surface area contributed by atoms with Crippen LogP contribution in [0.2, 0.25) is 0 Å². The minimum Gasteiger partial charge on any atom is -0.300 e. The van der Waals surface area contributed by atoms with Crippen LogP contribution in [-0.2, 0) is 15.6 Å². The Kier molecular flexibility index (Phi) is 5.91. The molecule has 1 rings (SSSR count). The van der Waals surface area contributed by atoms with Crippen LogP contribution in [0.1, 0.15) is 26.2 Å². The number of carbonyl (C=O) groups excluding carboxylic acids is 1. The maximum absolute atomic E-state index is 11.8. The summed E-state index contributed by atoms with van der Waals surface area (Å²) in [7, 11) is -0.950. The quantitative estimate of drug-likeness (QED) is 0.756. The molecule has 0 aliphatic carbocycles. The summed E-state index contributed by atoms with van der Waals surface area (Å²) in [6.45, 7) is 1.59. The topological polar surface area (TPSA) is 34.1 Å². The van der Waals surface area contributed by atoms with Gasteiger partial charge >= 0.3 is 0 Å². The highest BCUT2D eigenvalue weighted by Crippen LogP contribution is 2.15. The van der Waals surface area contributed by atoms with Gasteiger partial charge in [0.05, 0.1) is 10.8 Å². The number of unbranched alkanes of at least 4 members (excludes halogenated alkanes) is 1. The van der Waals surface area contributed by atoms with Gasteiger partial charge in [0.2, 0.25) is 0 Å². The van der Waals surface area contributed by atoms with Gasteiger partial charge in [-0.3, -0.25) is 4.21 Å². The molecule has 0 aliphatic heterocycles. The number of halogens is 1. The lowest BCUT2D eigenvalue weighted by atomic mass is 10.2. The second-order valence-corrected chi connectivity index (χ2v) is 6.15. The Hall–Kier alpha value is -0.480. The Morgan fingerprint density at radius 1 is 1.38 bits per heavy atom. The van der Waals surface area contributed by atoms with Gasteiger partial charge in [-0.15, -0.1) is 0 Å². The van der Waals surface area contributed by atoms with Crippen LogP contribution < -0.4 is 0 Å². The average molecular weight is 303 g/mol. The molecule has 16 heavy (non-hydrogen) atoms. The number of rotatable bonds is 6. The van der Waals surface area contributed by atoms with E-state index < -0.39 is 10.8 Å². The molecule has 0 aliphatic rings. The van der Waals surface area contributed by atoms with Gasteiger partial charge in [0.1, 0.15) is 5.78 Å². The smallest absolute Gasteiger partial charge is 0.129 e. The molecular formula is C12H15BrO2S. The lowest BCUT2D eigenvalue weighted by molar-refractivity contribution is -0.117. The molecule has 88 valence electrons. The lowest BCUT2D eigenvalue weighted by Gasteiger charge is -2.02. The number of hydrogen-bond acceptors (Lipinski definition) is 2. The molecule has 0 aromatic heterocycles. The zero-order valence-electron chi connectivity index (χ0n) is 9.24. The molecule has 0 amide bonds. The maximum Gasteiger partial charge on any atom is 0.129 e. The van der Waals surface area contributed by atoms with E-state index in [0.717, 1.165) is 22.2 Å². The summed E-state index contributed by atoms with van der Waals surface area (Å²) in [5, 5.41) is 0. The number of benzene rings is 1. The Morgan fingerprint density at radius 2 is 2.12 bits per heavy atom. The van der Waals surface area contributed by atoms with Crippen LogP contribution in [0, 0.1) is 0 Å². The number of ketones is 1. The highest BCUT2D eigenvalue weighted by molar-refractivity contribution is 9.10. The number of hydrogen-bond donors (Lipinski definition) is 0.